The van der Waals surface area contributed by atoms with Crippen LogP contribution in [-0.2, 0) is 4.74 Å². The van der Waals surface area contributed by atoms with E-state index in [0.29, 0.717) is 5.56 Å². The summed E-state index contributed by atoms with van der Waals surface area (Å²) in [5.41, 5.74) is 0.576. The second-order valence-electron chi connectivity index (χ2n) is 4.00. The molecule has 0 saturated carbocycles. The number of aromatic nitrogens is 1. The van der Waals surface area contributed by atoms with Gasteiger partial charge in [-0.2, -0.15) is 0 Å². The molecular formula is C14H12FNO3. The number of hydrogen-bond donors (Lipinski definition) is 1. The maximum atomic E-state index is 12.7. The van der Waals surface area contributed by atoms with Crippen molar-refractivity contribution >= 4 is 11.8 Å². The van der Waals surface area contributed by atoms with Gasteiger partial charge >= 0.3 is 5.97 Å². The van der Waals surface area contributed by atoms with Crippen molar-refractivity contribution in [1.29, 1.82) is 0 Å². The molecule has 98 valence electrons. The van der Waals surface area contributed by atoms with Crippen LogP contribution in [0.5, 0.6) is 0 Å². The second-order valence-corrected chi connectivity index (χ2v) is 4.00. The Balaban J connectivity index is 2.03. The van der Waals surface area contributed by atoms with Crippen LogP contribution in [0.4, 0.5) is 4.39 Å². The molecule has 1 heterocycles. The SMILES string of the molecule is C[C@H](OC(=O)c1ccc[nH]1)C(=O)c1ccc(F)cc1. The van der Waals surface area contributed by atoms with Gasteiger partial charge in [0.05, 0.1) is 0 Å². The van der Waals surface area contributed by atoms with E-state index in [9.17, 15) is 14.0 Å². The molecule has 0 aliphatic rings. The molecule has 1 aromatic heterocycles. The van der Waals surface area contributed by atoms with E-state index in [-0.39, 0.29) is 11.5 Å². The monoisotopic (exact) mass is 261 g/mol. The highest BCUT2D eigenvalue weighted by atomic mass is 19.1. The van der Waals surface area contributed by atoms with E-state index in [0.717, 1.165) is 0 Å². The molecule has 2 rings (SSSR count). The number of benzene rings is 1. The lowest BCUT2D eigenvalue weighted by molar-refractivity contribution is 0.0314. The molecule has 19 heavy (non-hydrogen) atoms. The highest BCUT2D eigenvalue weighted by Crippen LogP contribution is 2.10. The number of ether oxygens (including phenoxy) is 1. The number of esters is 1. The van der Waals surface area contributed by atoms with E-state index in [1.165, 1.54) is 31.2 Å². The van der Waals surface area contributed by atoms with E-state index < -0.39 is 17.9 Å². The minimum absolute atomic E-state index is 0.277. The van der Waals surface area contributed by atoms with Crippen LogP contribution in [0.1, 0.15) is 27.8 Å². The van der Waals surface area contributed by atoms with Gasteiger partial charge in [0.15, 0.2) is 6.10 Å². The number of carbonyl (C=O) groups is 2. The number of aromatic amines is 1. The summed E-state index contributed by atoms with van der Waals surface area (Å²) >= 11 is 0. The third kappa shape index (κ3) is 3.07. The Bertz CT molecular complexity index is 575. The summed E-state index contributed by atoms with van der Waals surface area (Å²) in [6, 6.07) is 8.30. The molecule has 2 aromatic rings. The Morgan fingerprint density at radius 1 is 1.21 bits per heavy atom. The highest BCUT2D eigenvalue weighted by molar-refractivity contribution is 6.01. The molecule has 0 amide bonds. The summed E-state index contributed by atoms with van der Waals surface area (Å²) in [7, 11) is 0. The zero-order chi connectivity index (χ0) is 13.8. The number of halogens is 1. The van der Waals surface area contributed by atoms with Crippen LogP contribution in [-0.4, -0.2) is 22.8 Å². The summed E-state index contributed by atoms with van der Waals surface area (Å²) in [6.07, 6.45) is 0.657. The number of carbonyl (C=O) groups excluding carboxylic acids is 2. The maximum Gasteiger partial charge on any atom is 0.355 e. The topological polar surface area (TPSA) is 59.2 Å². The molecule has 0 spiro atoms. The number of ketones is 1. The van der Waals surface area contributed by atoms with Gasteiger partial charge in [0.1, 0.15) is 11.5 Å². The lowest BCUT2D eigenvalue weighted by Gasteiger charge is -2.11. The Labute approximate surface area is 109 Å². The standard InChI is InChI=1S/C14H12FNO3/c1-9(19-14(18)12-3-2-8-16-12)13(17)10-4-6-11(15)7-5-10/h2-9,16H,1H3/t9-/m0/s1. The average molecular weight is 261 g/mol. The first-order valence-corrected chi connectivity index (χ1v) is 5.72. The van der Waals surface area contributed by atoms with Crippen LogP contribution >= 0.6 is 0 Å². The lowest BCUT2D eigenvalue weighted by Crippen LogP contribution is -2.24. The predicted molar refractivity (Wildman–Crippen MR) is 66.4 cm³/mol. The minimum Gasteiger partial charge on any atom is -0.450 e. The van der Waals surface area contributed by atoms with Gasteiger partial charge in [-0.3, -0.25) is 4.79 Å². The minimum atomic E-state index is -0.929. The first-order chi connectivity index (χ1) is 9.08. The van der Waals surface area contributed by atoms with Gasteiger partial charge in [0.25, 0.3) is 0 Å². The number of H-pyrrole nitrogens is 1. The van der Waals surface area contributed by atoms with Crippen LogP contribution in [0.25, 0.3) is 0 Å². The number of Topliss-reactive ketones (excluding diaryl/α,β-unsaturated/α-hetero) is 1. The maximum absolute atomic E-state index is 12.7. The van der Waals surface area contributed by atoms with Crippen LogP contribution in [0.2, 0.25) is 0 Å². The third-order valence-electron chi connectivity index (χ3n) is 2.60. The second kappa shape index (κ2) is 5.48. The number of nitrogens with one attached hydrogen (secondary N) is 1. The molecule has 0 bridgehead atoms. The van der Waals surface area contributed by atoms with Crippen molar-refractivity contribution in [3.05, 3.63) is 59.7 Å². The Hall–Kier alpha value is -2.43. The van der Waals surface area contributed by atoms with Gasteiger partial charge in [-0.1, -0.05) is 0 Å². The van der Waals surface area contributed by atoms with Gasteiger partial charge in [-0.25, -0.2) is 9.18 Å². The summed E-state index contributed by atoms with van der Waals surface area (Å²) in [5, 5.41) is 0. The number of rotatable bonds is 4. The molecule has 0 fully saturated rings. The molecule has 0 unspecified atom stereocenters. The van der Waals surface area contributed by atoms with Crippen molar-refractivity contribution < 1.29 is 18.7 Å². The van der Waals surface area contributed by atoms with Crippen molar-refractivity contribution in [1.82, 2.24) is 4.98 Å². The Morgan fingerprint density at radius 2 is 1.89 bits per heavy atom. The van der Waals surface area contributed by atoms with Gasteiger partial charge in [-0.05, 0) is 43.3 Å². The normalized spacial score (nSPS) is 11.9. The van der Waals surface area contributed by atoms with Crippen LogP contribution < -0.4 is 0 Å². The molecular weight excluding hydrogens is 249 g/mol. The van der Waals surface area contributed by atoms with Crippen molar-refractivity contribution in [3.63, 3.8) is 0 Å². The molecule has 4 nitrogen and oxygen atoms in total. The zero-order valence-electron chi connectivity index (χ0n) is 10.2. The summed E-state index contributed by atoms with van der Waals surface area (Å²) in [5.74, 6) is -1.40. The van der Waals surface area contributed by atoms with Gasteiger partial charge < -0.3 is 9.72 Å². The lowest BCUT2D eigenvalue weighted by atomic mass is 10.1. The van der Waals surface area contributed by atoms with Crippen molar-refractivity contribution in [2.24, 2.45) is 0 Å². The molecule has 0 aliphatic heterocycles. The molecule has 0 radical (unpaired) electrons. The van der Waals surface area contributed by atoms with E-state index >= 15 is 0 Å². The van der Waals surface area contributed by atoms with Gasteiger partial charge in [0.2, 0.25) is 5.78 Å². The van der Waals surface area contributed by atoms with Gasteiger partial charge in [-0.15, -0.1) is 0 Å². The van der Waals surface area contributed by atoms with E-state index in [2.05, 4.69) is 4.98 Å². The van der Waals surface area contributed by atoms with Crippen LogP contribution in [0, 0.1) is 5.82 Å². The zero-order valence-corrected chi connectivity index (χ0v) is 10.2. The van der Waals surface area contributed by atoms with E-state index in [1.807, 2.05) is 0 Å². The highest BCUT2D eigenvalue weighted by Gasteiger charge is 2.20. The third-order valence-corrected chi connectivity index (χ3v) is 2.60. The molecule has 1 atom stereocenters. The van der Waals surface area contributed by atoms with Crippen molar-refractivity contribution in [3.8, 4) is 0 Å². The van der Waals surface area contributed by atoms with E-state index in [4.69, 9.17) is 4.74 Å². The molecule has 0 aliphatic carbocycles. The van der Waals surface area contributed by atoms with Crippen molar-refractivity contribution in [2.75, 3.05) is 0 Å². The van der Waals surface area contributed by atoms with Crippen LogP contribution in [0.15, 0.2) is 42.6 Å². The van der Waals surface area contributed by atoms with E-state index in [1.54, 1.807) is 18.3 Å². The fourth-order valence-electron chi connectivity index (χ4n) is 1.58. The predicted octanol–water partition coefficient (Wildman–Crippen LogP) is 2.58. The fraction of sp³-hybridized carbons (Fsp3) is 0.143. The molecule has 0 saturated heterocycles. The quantitative estimate of drug-likeness (QED) is 0.679. The Morgan fingerprint density at radius 3 is 2.47 bits per heavy atom. The molecule has 1 aromatic carbocycles. The van der Waals surface area contributed by atoms with Gasteiger partial charge in [0, 0.05) is 11.8 Å². The van der Waals surface area contributed by atoms with Crippen LogP contribution in [0.3, 0.4) is 0 Å². The fourth-order valence-corrected chi connectivity index (χ4v) is 1.58. The average Bonchev–Trinajstić information content (AvgIpc) is 2.92. The first-order valence-electron chi connectivity index (χ1n) is 5.72. The largest absolute Gasteiger partial charge is 0.450 e. The number of hydrogen-bond acceptors (Lipinski definition) is 3. The Kier molecular flexibility index (Phi) is 3.75. The molecule has 1 N–H and O–H groups in total. The first kappa shape index (κ1) is 13.0. The van der Waals surface area contributed by atoms with Crippen molar-refractivity contribution in [2.45, 2.75) is 13.0 Å². The summed E-state index contributed by atoms with van der Waals surface area (Å²) < 4.78 is 17.8. The summed E-state index contributed by atoms with van der Waals surface area (Å²) in [4.78, 5) is 26.3. The summed E-state index contributed by atoms with van der Waals surface area (Å²) in [6.45, 7) is 1.48. The molecule has 5 heteroatoms. The smallest absolute Gasteiger partial charge is 0.355 e.